The van der Waals surface area contributed by atoms with Gasteiger partial charge in [0.1, 0.15) is 18.4 Å². The first-order valence-corrected chi connectivity index (χ1v) is 14.0. The summed E-state index contributed by atoms with van der Waals surface area (Å²) >= 11 is 0. The Morgan fingerprint density at radius 2 is 1.83 bits per heavy atom. The second-order valence-corrected chi connectivity index (χ2v) is 10.6. The third-order valence-corrected chi connectivity index (χ3v) is 7.26. The Bertz CT molecular complexity index is 1360. The zero-order valence-electron chi connectivity index (χ0n) is 23.8. The lowest BCUT2D eigenvalue weighted by molar-refractivity contribution is -0.147. The van der Waals surface area contributed by atoms with Gasteiger partial charge < -0.3 is 25.3 Å². The molecule has 0 spiro atoms. The summed E-state index contributed by atoms with van der Waals surface area (Å²) in [5, 5.41) is 2.88. The van der Waals surface area contributed by atoms with Crippen molar-refractivity contribution in [2.75, 3.05) is 7.11 Å². The number of hydrogen-bond acceptors (Lipinski definition) is 7. The van der Waals surface area contributed by atoms with Gasteiger partial charge >= 0.3 is 5.97 Å². The number of hydrogen-bond donors (Lipinski definition) is 2. The van der Waals surface area contributed by atoms with E-state index in [0.29, 0.717) is 33.7 Å². The molecule has 1 saturated carbocycles. The van der Waals surface area contributed by atoms with Crippen LogP contribution in [0.5, 0.6) is 11.5 Å². The first-order valence-electron chi connectivity index (χ1n) is 14.0. The van der Waals surface area contributed by atoms with Crippen molar-refractivity contribution in [3.63, 3.8) is 0 Å². The van der Waals surface area contributed by atoms with Gasteiger partial charge in [0.2, 0.25) is 0 Å². The fraction of sp³-hybridized carbons (Fsp3) is 0.406. The molecular weight excluding hydrogens is 525 g/mol. The van der Waals surface area contributed by atoms with E-state index in [0.717, 1.165) is 25.7 Å². The lowest BCUT2D eigenvalue weighted by Gasteiger charge is -2.24. The zero-order chi connectivity index (χ0) is 29.4. The molecule has 1 heterocycles. The highest BCUT2D eigenvalue weighted by molar-refractivity contribution is 5.98. The zero-order valence-corrected chi connectivity index (χ0v) is 23.8. The number of aromatic nitrogens is 1. The van der Waals surface area contributed by atoms with Crippen molar-refractivity contribution < 1.29 is 28.2 Å². The predicted octanol–water partition coefficient (Wildman–Crippen LogP) is 5.56. The Hall–Kier alpha value is -3.98. The van der Waals surface area contributed by atoms with Crippen LogP contribution in [0.2, 0.25) is 0 Å². The van der Waals surface area contributed by atoms with E-state index >= 15 is 0 Å². The van der Waals surface area contributed by atoms with Crippen LogP contribution in [-0.2, 0) is 22.7 Å². The molecule has 41 heavy (non-hydrogen) atoms. The van der Waals surface area contributed by atoms with Crippen molar-refractivity contribution >= 4 is 11.9 Å². The van der Waals surface area contributed by atoms with Gasteiger partial charge in [-0.25, -0.2) is 4.39 Å². The first kappa shape index (κ1) is 30.0. The summed E-state index contributed by atoms with van der Waals surface area (Å²) in [5.74, 6) is -0.782. The van der Waals surface area contributed by atoms with Crippen LogP contribution in [0.4, 0.5) is 4.39 Å². The normalized spacial score (nSPS) is 14.4. The Morgan fingerprint density at radius 1 is 1.07 bits per heavy atom. The molecule has 1 aliphatic carbocycles. The van der Waals surface area contributed by atoms with Crippen LogP contribution in [0.1, 0.15) is 67.4 Å². The number of methoxy groups -OCH3 is 1. The number of nitrogens with one attached hydrogen (secondary N) is 1. The molecule has 4 rings (SSSR count). The van der Waals surface area contributed by atoms with E-state index in [1.165, 1.54) is 25.7 Å². The van der Waals surface area contributed by atoms with Gasteiger partial charge in [0.25, 0.3) is 5.91 Å². The summed E-state index contributed by atoms with van der Waals surface area (Å²) in [6.07, 6.45) is 6.90. The monoisotopic (exact) mass is 563 g/mol. The summed E-state index contributed by atoms with van der Waals surface area (Å²) in [7, 11) is 1.40. The number of carbonyl (C=O) groups excluding carboxylic acids is 2. The largest absolute Gasteiger partial charge is 0.494 e. The number of pyridine rings is 1. The molecular formula is C32H38FN3O5. The molecule has 0 radical (unpaired) electrons. The average Bonchev–Trinajstić information content (AvgIpc) is 2.99. The van der Waals surface area contributed by atoms with Crippen LogP contribution in [0.25, 0.3) is 11.3 Å². The third kappa shape index (κ3) is 7.82. The van der Waals surface area contributed by atoms with E-state index in [1.807, 2.05) is 26.0 Å². The molecule has 0 aliphatic heterocycles. The minimum absolute atomic E-state index is 0.00663. The highest BCUT2D eigenvalue weighted by atomic mass is 19.1. The fourth-order valence-corrected chi connectivity index (χ4v) is 4.75. The van der Waals surface area contributed by atoms with Gasteiger partial charge in [0, 0.05) is 23.9 Å². The third-order valence-electron chi connectivity index (χ3n) is 7.26. The summed E-state index contributed by atoms with van der Waals surface area (Å²) in [6.45, 7) is 3.83. The van der Waals surface area contributed by atoms with Crippen LogP contribution in [0, 0.1) is 11.7 Å². The topological polar surface area (TPSA) is 113 Å². The molecule has 1 aliphatic rings. The van der Waals surface area contributed by atoms with E-state index in [-0.39, 0.29) is 36.8 Å². The lowest BCUT2D eigenvalue weighted by Crippen LogP contribution is -2.36. The molecule has 0 bridgehead atoms. The minimum Gasteiger partial charge on any atom is -0.494 e. The molecule has 3 N–H and O–H groups in total. The second kappa shape index (κ2) is 14.1. The number of halogens is 1. The molecule has 1 amide bonds. The van der Waals surface area contributed by atoms with Crippen molar-refractivity contribution in [2.24, 2.45) is 11.7 Å². The number of nitrogens with zero attached hydrogens (tertiary/aromatic N) is 1. The Morgan fingerprint density at radius 3 is 2.54 bits per heavy atom. The van der Waals surface area contributed by atoms with E-state index in [9.17, 15) is 14.0 Å². The molecule has 2 aromatic carbocycles. The number of nitrogens with two attached hydrogens (primary N) is 1. The van der Waals surface area contributed by atoms with Crippen molar-refractivity contribution in [3.05, 3.63) is 77.2 Å². The number of rotatable bonds is 11. The Balaban J connectivity index is 1.59. The number of benzene rings is 2. The van der Waals surface area contributed by atoms with Crippen LogP contribution < -0.4 is 20.5 Å². The maximum absolute atomic E-state index is 14.2. The van der Waals surface area contributed by atoms with Crippen LogP contribution in [0.3, 0.4) is 0 Å². The van der Waals surface area contributed by atoms with E-state index < -0.39 is 17.8 Å². The molecule has 9 heteroatoms. The molecule has 1 aromatic heterocycles. The molecule has 1 unspecified atom stereocenters. The molecule has 1 fully saturated rings. The van der Waals surface area contributed by atoms with E-state index in [4.69, 9.17) is 19.9 Å². The van der Waals surface area contributed by atoms with Crippen LogP contribution >= 0.6 is 0 Å². The van der Waals surface area contributed by atoms with Crippen molar-refractivity contribution in [3.8, 4) is 22.8 Å². The molecule has 218 valence electrons. The quantitative estimate of drug-likeness (QED) is 0.294. The van der Waals surface area contributed by atoms with E-state index in [1.54, 1.807) is 30.5 Å². The summed E-state index contributed by atoms with van der Waals surface area (Å²) in [6, 6.07) is 12.8. The first-order chi connectivity index (χ1) is 19.8. The summed E-state index contributed by atoms with van der Waals surface area (Å²) in [4.78, 5) is 30.4. The number of esters is 1. The number of ether oxygens (including phenoxy) is 3. The van der Waals surface area contributed by atoms with Crippen LogP contribution in [0.15, 0.2) is 54.7 Å². The molecule has 1 atom stereocenters. The maximum atomic E-state index is 14.2. The van der Waals surface area contributed by atoms with Crippen molar-refractivity contribution in [2.45, 2.75) is 71.2 Å². The molecule has 8 nitrogen and oxygen atoms in total. The average molecular weight is 564 g/mol. The molecule has 3 aromatic rings. The van der Waals surface area contributed by atoms with Crippen molar-refractivity contribution in [1.82, 2.24) is 10.3 Å². The highest BCUT2D eigenvalue weighted by Gasteiger charge is 2.22. The summed E-state index contributed by atoms with van der Waals surface area (Å²) < 4.78 is 31.0. The fourth-order valence-electron chi connectivity index (χ4n) is 4.75. The van der Waals surface area contributed by atoms with E-state index in [2.05, 4.69) is 10.3 Å². The Labute approximate surface area is 240 Å². The minimum atomic E-state index is -0.721. The standard InChI is InChI=1S/C32H38FN3O5/c1-20(2)29(34)32(38)40-19-23-8-7-15-35-30(23)22-12-14-27(41-24-9-5-4-6-10-24)25(17-22)31(37)36-18-21-11-13-28(39-3)26(33)16-21/h7-8,11-17,20,24,29H,4-6,9-10,18-19,34H2,1-3H3,(H,36,37). The smallest absolute Gasteiger partial charge is 0.323 e. The van der Waals surface area contributed by atoms with Gasteiger partial charge in [0.05, 0.1) is 24.5 Å². The van der Waals surface area contributed by atoms with Crippen LogP contribution in [-0.4, -0.2) is 36.1 Å². The number of carbonyl (C=O) groups is 2. The maximum Gasteiger partial charge on any atom is 0.323 e. The van der Waals surface area contributed by atoms with Crippen molar-refractivity contribution in [1.29, 1.82) is 0 Å². The van der Waals surface area contributed by atoms with Gasteiger partial charge in [-0.1, -0.05) is 32.4 Å². The van der Waals surface area contributed by atoms with Gasteiger partial charge in [0.15, 0.2) is 11.6 Å². The predicted molar refractivity (Wildman–Crippen MR) is 154 cm³/mol. The highest BCUT2D eigenvalue weighted by Crippen LogP contribution is 2.31. The summed E-state index contributed by atoms with van der Waals surface area (Å²) in [5.41, 5.74) is 8.80. The number of amides is 1. The lowest BCUT2D eigenvalue weighted by atomic mass is 9.97. The molecule has 0 saturated heterocycles. The van der Waals surface area contributed by atoms with Gasteiger partial charge in [-0.05, 0) is 73.6 Å². The Kier molecular flexibility index (Phi) is 10.3. The van der Waals surface area contributed by atoms with Gasteiger partial charge in [-0.2, -0.15) is 0 Å². The van der Waals surface area contributed by atoms with Gasteiger partial charge in [-0.15, -0.1) is 0 Å². The van der Waals surface area contributed by atoms with Gasteiger partial charge in [-0.3, -0.25) is 14.6 Å². The second-order valence-electron chi connectivity index (χ2n) is 10.6. The SMILES string of the molecule is COc1ccc(CNC(=O)c2cc(-c3ncccc3COC(=O)C(N)C(C)C)ccc2OC2CCCCC2)cc1F.